The fourth-order valence-corrected chi connectivity index (χ4v) is 3.43. The molecule has 1 saturated heterocycles. The van der Waals surface area contributed by atoms with Gasteiger partial charge in [0.05, 0.1) is 6.20 Å². The number of nitrogens with zero attached hydrogens (tertiary/aromatic N) is 3. The number of hydrogen-bond donors (Lipinski definition) is 1. The lowest BCUT2D eigenvalue weighted by Gasteiger charge is -2.31. The molecule has 0 saturated carbocycles. The topological polar surface area (TPSA) is 84.3 Å². The Bertz CT molecular complexity index is 558. The summed E-state index contributed by atoms with van der Waals surface area (Å²) in [6.07, 6.45) is 4.07. The molecule has 0 bridgehead atoms. The van der Waals surface area contributed by atoms with Gasteiger partial charge in [-0.1, -0.05) is 0 Å². The Kier molecular flexibility index (Phi) is 3.91. The molecule has 1 aromatic heterocycles. The molecular weight excluding hydrogens is 268 g/mol. The number of carbonyl (C=O) groups excluding carboxylic acids is 1. The maximum absolute atomic E-state index is 12.1. The van der Waals surface area contributed by atoms with E-state index in [9.17, 15) is 13.2 Å². The number of hydrogen-bond acceptors (Lipinski definition) is 4. The highest BCUT2D eigenvalue weighted by atomic mass is 32.2. The normalized spacial score (nSPS) is 17.7. The first-order chi connectivity index (χ1) is 8.88. The van der Waals surface area contributed by atoms with Crippen LogP contribution in [0, 0.1) is 0 Å². The summed E-state index contributed by atoms with van der Waals surface area (Å²) in [4.78, 5) is 13.1. The Hall–Kier alpha value is -1.41. The largest absolute Gasteiger partial charge is 0.343 e. The molecule has 106 valence electrons. The number of carbonyl (C=O) groups is 1. The third kappa shape index (κ3) is 3.32. The Balaban J connectivity index is 1.97. The van der Waals surface area contributed by atoms with Crippen LogP contribution in [0.1, 0.15) is 19.8 Å². The summed E-state index contributed by atoms with van der Waals surface area (Å²) < 4.78 is 28.3. The van der Waals surface area contributed by atoms with E-state index in [0.29, 0.717) is 25.9 Å². The highest BCUT2D eigenvalue weighted by Crippen LogP contribution is 2.14. The highest BCUT2D eigenvalue weighted by Gasteiger charge is 2.26. The highest BCUT2D eigenvalue weighted by molar-refractivity contribution is 7.89. The number of aryl methyl sites for hydroxylation is 1. The molecule has 0 spiro atoms. The van der Waals surface area contributed by atoms with Gasteiger partial charge in [-0.25, -0.2) is 13.1 Å². The van der Waals surface area contributed by atoms with Gasteiger partial charge in [-0.05, 0) is 12.8 Å². The van der Waals surface area contributed by atoms with Gasteiger partial charge in [0.15, 0.2) is 0 Å². The Morgan fingerprint density at radius 2 is 2.05 bits per heavy atom. The summed E-state index contributed by atoms with van der Waals surface area (Å²) in [6, 6.07) is -0.124. The van der Waals surface area contributed by atoms with Crippen molar-refractivity contribution in [3.8, 4) is 0 Å². The summed E-state index contributed by atoms with van der Waals surface area (Å²) in [5.74, 6) is 0.0357. The van der Waals surface area contributed by atoms with Gasteiger partial charge < -0.3 is 4.90 Å². The molecule has 0 aliphatic carbocycles. The van der Waals surface area contributed by atoms with Gasteiger partial charge in [0.25, 0.3) is 0 Å². The van der Waals surface area contributed by atoms with Gasteiger partial charge in [-0.2, -0.15) is 5.10 Å². The second-order valence-electron chi connectivity index (χ2n) is 4.75. The van der Waals surface area contributed by atoms with E-state index in [2.05, 4.69) is 9.82 Å². The third-order valence-electron chi connectivity index (χ3n) is 3.25. The zero-order chi connectivity index (χ0) is 14.0. The molecule has 0 atom stereocenters. The molecule has 0 aromatic carbocycles. The lowest BCUT2D eigenvalue weighted by atomic mass is 10.1. The van der Waals surface area contributed by atoms with E-state index in [4.69, 9.17) is 0 Å². The van der Waals surface area contributed by atoms with Crippen LogP contribution in [0.25, 0.3) is 0 Å². The Labute approximate surface area is 112 Å². The standard InChI is InChI=1S/C11H18N4O3S/c1-9(16)15-5-3-10(4-6-15)13-19(17,18)11-7-12-14(2)8-11/h7-8,10,13H,3-6H2,1-2H3. The van der Waals surface area contributed by atoms with Crippen LogP contribution in [0.15, 0.2) is 17.3 Å². The van der Waals surface area contributed by atoms with Crippen molar-refractivity contribution < 1.29 is 13.2 Å². The Morgan fingerprint density at radius 3 is 2.53 bits per heavy atom. The molecular formula is C11H18N4O3S. The second kappa shape index (κ2) is 5.30. The molecule has 1 aromatic rings. The van der Waals surface area contributed by atoms with Gasteiger partial charge in [-0.15, -0.1) is 0 Å². The summed E-state index contributed by atoms with van der Waals surface area (Å²) >= 11 is 0. The molecule has 0 radical (unpaired) electrons. The maximum atomic E-state index is 12.1. The molecule has 0 unspecified atom stereocenters. The average Bonchev–Trinajstić information content (AvgIpc) is 2.77. The minimum atomic E-state index is -3.51. The molecule has 1 fully saturated rings. The zero-order valence-electron chi connectivity index (χ0n) is 11.0. The molecule has 8 heteroatoms. The third-order valence-corrected chi connectivity index (χ3v) is 4.73. The molecule has 19 heavy (non-hydrogen) atoms. The quantitative estimate of drug-likeness (QED) is 0.827. The van der Waals surface area contributed by atoms with E-state index in [1.54, 1.807) is 11.9 Å². The van der Waals surface area contributed by atoms with Crippen LogP contribution in [0.5, 0.6) is 0 Å². The van der Waals surface area contributed by atoms with Crippen molar-refractivity contribution in [1.82, 2.24) is 19.4 Å². The fourth-order valence-electron chi connectivity index (χ4n) is 2.14. The number of rotatable bonds is 3. The average molecular weight is 286 g/mol. The number of aromatic nitrogens is 2. The smallest absolute Gasteiger partial charge is 0.243 e. The molecule has 1 aliphatic rings. The molecule has 7 nitrogen and oxygen atoms in total. The summed E-state index contributed by atoms with van der Waals surface area (Å²) in [7, 11) is -1.84. The van der Waals surface area contributed by atoms with E-state index >= 15 is 0 Å². The van der Waals surface area contributed by atoms with E-state index in [0.717, 1.165) is 0 Å². The zero-order valence-corrected chi connectivity index (χ0v) is 11.9. The molecule has 1 amide bonds. The number of piperidine rings is 1. The van der Waals surface area contributed by atoms with Crippen LogP contribution in [0.3, 0.4) is 0 Å². The van der Waals surface area contributed by atoms with Crippen LogP contribution in [-0.4, -0.2) is 48.1 Å². The van der Waals surface area contributed by atoms with Crippen LogP contribution < -0.4 is 4.72 Å². The van der Waals surface area contributed by atoms with Gasteiger partial charge in [0.2, 0.25) is 15.9 Å². The number of likely N-dealkylation sites (tertiary alicyclic amines) is 1. The lowest BCUT2D eigenvalue weighted by Crippen LogP contribution is -2.45. The van der Waals surface area contributed by atoms with Gasteiger partial charge in [0, 0.05) is 39.3 Å². The summed E-state index contributed by atoms with van der Waals surface area (Å²) in [5, 5.41) is 3.86. The minimum absolute atomic E-state index is 0.0357. The predicted molar refractivity (Wildman–Crippen MR) is 68.8 cm³/mol. The maximum Gasteiger partial charge on any atom is 0.243 e. The minimum Gasteiger partial charge on any atom is -0.343 e. The lowest BCUT2D eigenvalue weighted by molar-refractivity contribution is -0.129. The first-order valence-electron chi connectivity index (χ1n) is 6.15. The summed E-state index contributed by atoms with van der Waals surface area (Å²) in [6.45, 7) is 2.71. The van der Waals surface area contributed by atoms with Crippen molar-refractivity contribution in [3.63, 3.8) is 0 Å². The van der Waals surface area contributed by atoms with Gasteiger partial charge in [0.1, 0.15) is 4.90 Å². The molecule has 2 rings (SSSR count). The first kappa shape index (κ1) is 14.0. The van der Waals surface area contributed by atoms with Gasteiger partial charge in [-0.3, -0.25) is 9.48 Å². The molecule has 2 heterocycles. The van der Waals surface area contributed by atoms with E-state index < -0.39 is 10.0 Å². The van der Waals surface area contributed by atoms with Crippen molar-refractivity contribution in [2.24, 2.45) is 7.05 Å². The van der Waals surface area contributed by atoms with Crippen molar-refractivity contribution in [1.29, 1.82) is 0 Å². The van der Waals surface area contributed by atoms with E-state index in [-0.39, 0.29) is 16.8 Å². The van der Waals surface area contributed by atoms with Crippen molar-refractivity contribution >= 4 is 15.9 Å². The van der Waals surface area contributed by atoms with Crippen LogP contribution in [0.2, 0.25) is 0 Å². The number of amides is 1. The molecule has 1 aliphatic heterocycles. The SMILES string of the molecule is CC(=O)N1CCC(NS(=O)(=O)c2cnn(C)c2)CC1. The number of sulfonamides is 1. The Morgan fingerprint density at radius 1 is 1.42 bits per heavy atom. The summed E-state index contributed by atoms with van der Waals surface area (Å²) in [5.41, 5.74) is 0. The number of nitrogens with one attached hydrogen (secondary N) is 1. The predicted octanol–water partition coefficient (Wildman–Crippen LogP) is -0.291. The van der Waals surface area contributed by atoms with Crippen molar-refractivity contribution in [2.75, 3.05) is 13.1 Å². The monoisotopic (exact) mass is 286 g/mol. The van der Waals surface area contributed by atoms with E-state index in [1.165, 1.54) is 24.0 Å². The fraction of sp³-hybridized carbons (Fsp3) is 0.636. The molecule has 1 N–H and O–H groups in total. The van der Waals surface area contributed by atoms with Crippen LogP contribution in [0.4, 0.5) is 0 Å². The van der Waals surface area contributed by atoms with Crippen LogP contribution in [-0.2, 0) is 21.9 Å². The van der Waals surface area contributed by atoms with Gasteiger partial charge >= 0.3 is 0 Å². The van der Waals surface area contributed by atoms with Crippen molar-refractivity contribution in [2.45, 2.75) is 30.7 Å². The first-order valence-corrected chi connectivity index (χ1v) is 7.63. The van der Waals surface area contributed by atoms with E-state index in [1.807, 2.05) is 0 Å². The van der Waals surface area contributed by atoms with Crippen LogP contribution >= 0.6 is 0 Å². The van der Waals surface area contributed by atoms with Crippen molar-refractivity contribution in [3.05, 3.63) is 12.4 Å². The second-order valence-corrected chi connectivity index (χ2v) is 6.47.